The number of ketones is 1. The van der Waals surface area contributed by atoms with E-state index in [1.807, 2.05) is 6.07 Å². The standard InChI is InChI=1S/C10H10BrNO2S/c11-9-3-2-8(15-9)7(13)1-4-10(14)12-5-6-12/h2-3H,1,4-6H2. The second-order valence-corrected chi connectivity index (χ2v) is 5.87. The fourth-order valence-electron chi connectivity index (χ4n) is 1.27. The highest BCUT2D eigenvalue weighted by Crippen LogP contribution is 2.23. The number of carbonyl (C=O) groups excluding carboxylic acids is 2. The maximum atomic E-state index is 11.6. The van der Waals surface area contributed by atoms with E-state index in [0.717, 1.165) is 21.8 Å². The van der Waals surface area contributed by atoms with Crippen molar-refractivity contribution in [1.82, 2.24) is 4.90 Å². The normalized spacial score (nSPS) is 14.1. The molecule has 1 aliphatic heterocycles. The number of hydrogen-bond acceptors (Lipinski definition) is 3. The van der Waals surface area contributed by atoms with Crippen molar-refractivity contribution in [2.45, 2.75) is 12.8 Å². The van der Waals surface area contributed by atoms with Crippen molar-refractivity contribution in [2.75, 3.05) is 13.1 Å². The van der Waals surface area contributed by atoms with Crippen molar-refractivity contribution in [2.24, 2.45) is 0 Å². The first-order valence-corrected chi connectivity index (χ1v) is 6.34. The molecule has 1 saturated heterocycles. The molecule has 1 fully saturated rings. The molecular weight excluding hydrogens is 278 g/mol. The number of Topliss-reactive ketones (excluding diaryl/α,β-unsaturated/α-hetero) is 1. The third-order valence-corrected chi connectivity index (χ3v) is 3.88. The first kappa shape index (κ1) is 10.8. The maximum Gasteiger partial charge on any atom is 0.223 e. The molecular formula is C10H10BrNO2S. The number of nitrogens with zero attached hydrogens (tertiary/aromatic N) is 1. The van der Waals surface area contributed by atoms with Gasteiger partial charge in [-0.2, -0.15) is 0 Å². The zero-order chi connectivity index (χ0) is 10.8. The quantitative estimate of drug-likeness (QED) is 0.630. The van der Waals surface area contributed by atoms with Crippen LogP contribution in [0.2, 0.25) is 0 Å². The Morgan fingerprint density at radius 1 is 1.33 bits per heavy atom. The molecule has 2 heterocycles. The summed E-state index contributed by atoms with van der Waals surface area (Å²) in [5.74, 6) is 0.153. The molecule has 0 aliphatic carbocycles. The van der Waals surface area contributed by atoms with E-state index < -0.39 is 0 Å². The maximum absolute atomic E-state index is 11.6. The van der Waals surface area contributed by atoms with Gasteiger partial charge in [-0.1, -0.05) is 0 Å². The summed E-state index contributed by atoms with van der Waals surface area (Å²) in [7, 11) is 0. The third-order valence-electron chi connectivity index (χ3n) is 2.21. The van der Waals surface area contributed by atoms with E-state index in [1.54, 1.807) is 11.0 Å². The SMILES string of the molecule is O=C(CCC(=O)N1CC1)c1ccc(Br)s1. The molecule has 0 saturated carbocycles. The Morgan fingerprint density at radius 3 is 2.60 bits per heavy atom. The highest BCUT2D eigenvalue weighted by Gasteiger charge is 2.24. The predicted molar refractivity (Wildman–Crippen MR) is 62.2 cm³/mol. The van der Waals surface area contributed by atoms with Crippen LogP contribution in [0.25, 0.3) is 0 Å². The highest BCUT2D eigenvalue weighted by molar-refractivity contribution is 9.11. The van der Waals surface area contributed by atoms with Crippen LogP contribution in [0.4, 0.5) is 0 Å². The van der Waals surface area contributed by atoms with Gasteiger partial charge in [0.05, 0.1) is 8.66 Å². The van der Waals surface area contributed by atoms with Gasteiger partial charge in [0.25, 0.3) is 0 Å². The molecule has 80 valence electrons. The van der Waals surface area contributed by atoms with Gasteiger partial charge in [0, 0.05) is 25.9 Å². The Kier molecular flexibility index (Phi) is 3.21. The molecule has 1 aromatic rings. The average Bonchev–Trinajstić information content (AvgIpc) is 2.97. The van der Waals surface area contributed by atoms with E-state index in [-0.39, 0.29) is 11.7 Å². The Balaban J connectivity index is 1.84. The molecule has 0 unspecified atom stereocenters. The molecule has 0 aromatic carbocycles. The van der Waals surface area contributed by atoms with Crippen molar-refractivity contribution in [3.8, 4) is 0 Å². The third kappa shape index (κ3) is 2.89. The summed E-state index contributed by atoms with van der Waals surface area (Å²) in [6, 6.07) is 3.64. The van der Waals surface area contributed by atoms with E-state index in [1.165, 1.54) is 11.3 Å². The minimum absolute atomic E-state index is 0.0564. The van der Waals surface area contributed by atoms with Crippen LogP contribution in [0.5, 0.6) is 0 Å². The van der Waals surface area contributed by atoms with Crippen LogP contribution in [0, 0.1) is 0 Å². The Bertz CT molecular complexity index is 398. The summed E-state index contributed by atoms with van der Waals surface area (Å²) in [5.41, 5.74) is 0. The summed E-state index contributed by atoms with van der Waals surface area (Å²) in [5, 5.41) is 0. The van der Waals surface area contributed by atoms with Gasteiger partial charge in [-0.3, -0.25) is 9.59 Å². The first-order valence-electron chi connectivity index (χ1n) is 4.73. The van der Waals surface area contributed by atoms with Crippen LogP contribution in [-0.4, -0.2) is 29.7 Å². The Morgan fingerprint density at radius 2 is 2.07 bits per heavy atom. The van der Waals surface area contributed by atoms with Gasteiger partial charge in [-0.25, -0.2) is 0 Å². The van der Waals surface area contributed by atoms with Crippen molar-refractivity contribution in [3.63, 3.8) is 0 Å². The van der Waals surface area contributed by atoms with Gasteiger partial charge in [-0.15, -0.1) is 11.3 Å². The largest absolute Gasteiger partial charge is 0.339 e. The monoisotopic (exact) mass is 287 g/mol. The highest BCUT2D eigenvalue weighted by atomic mass is 79.9. The van der Waals surface area contributed by atoms with Crippen LogP contribution in [-0.2, 0) is 4.79 Å². The predicted octanol–water partition coefficient (Wildman–Crippen LogP) is 2.32. The number of amides is 1. The minimum Gasteiger partial charge on any atom is -0.339 e. The number of rotatable bonds is 4. The molecule has 0 atom stereocenters. The van der Waals surface area contributed by atoms with Gasteiger partial charge >= 0.3 is 0 Å². The summed E-state index contributed by atoms with van der Waals surface area (Å²) in [6.45, 7) is 1.72. The van der Waals surface area contributed by atoms with Crippen LogP contribution >= 0.6 is 27.3 Å². The molecule has 0 spiro atoms. The summed E-state index contributed by atoms with van der Waals surface area (Å²) >= 11 is 4.72. The topological polar surface area (TPSA) is 37.1 Å². The zero-order valence-corrected chi connectivity index (χ0v) is 10.4. The molecule has 3 nitrogen and oxygen atoms in total. The lowest BCUT2D eigenvalue weighted by Gasteiger charge is -1.99. The van der Waals surface area contributed by atoms with Crippen LogP contribution < -0.4 is 0 Å². The van der Waals surface area contributed by atoms with Gasteiger partial charge in [-0.05, 0) is 28.1 Å². The molecule has 0 N–H and O–H groups in total. The van der Waals surface area contributed by atoms with E-state index in [2.05, 4.69) is 15.9 Å². The molecule has 1 amide bonds. The van der Waals surface area contributed by atoms with E-state index >= 15 is 0 Å². The van der Waals surface area contributed by atoms with E-state index in [9.17, 15) is 9.59 Å². The summed E-state index contributed by atoms with van der Waals surface area (Å²) in [4.78, 5) is 25.4. The fourth-order valence-corrected chi connectivity index (χ4v) is 2.62. The minimum atomic E-state index is 0.0564. The lowest BCUT2D eigenvalue weighted by molar-refractivity contribution is -0.125. The van der Waals surface area contributed by atoms with Crippen LogP contribution in [0.15, 0.2) is 15.9 Å². The fraction of sp³-hybridized carbons (Fsp3) is 0.400. The van der Waals surface area contributed by atoms with Crippen LogP contribution in [0.1, 0.15) is 22.5 Å². The summed E-state index contributed by atoms with van der Waals surface area (Å²) in [6.07, 6.45) is 0.663. The first-order chi connectivity index (χ1) is 7.16. The Labute approximate surface area is 100 Å². The number of hydrogen-bond donors (Lipinski definition) is 0. The number of carbonyl (C=O) groups is 2. The second-order valence-electron chi connectivity index (χ2n) is 3.41. The van der Waals surface area contributed by atoms with Crippen LogP contribution in [0.3, 0.4) is 0 Å². The molecule has 0 radical (unpaired) electrons. The van der Waals surface area contributed by atoms with Gasteiger partial charge in [0.2, 0.25) is 5.91 Å². The zero-order valence-electron chi connectivity index (χ0n) is 8.03. The smallest absolute Gasteiger partial charge is 0.223 e. The molecule has 15 heavy (non-hydrogen) atoms. The second kappa shape index (κ2) is 4.45. The van der Waals surface area contributed by atoms with Crippen molar-refractivity contribution in [3.05, 3.63) is 20.8 Å². The van der Waals surface area contributed by atoms with E-state index in [0.29, 0.717) is 12.8 Å². The molecule has 0 bridgehead atoms. The van der Waals surface area contributed by atoms with Gasteiger partial charge in [0.15, 0.2) is 5.78 Å². The molecule has 5 heteroatoms. The van der Waals surface area contributed by atoms with Gasteiger partial charge < -0.3 is 4.90 Å². The van der Waals surface area contributed by atoms with E-state index in [4.69, 9.17) is 0 Å². The van der Waals surface area contributed by atoms with Crippen molar-refractivity contribution < 1.29 is 9.59 Å². The van der Waals surface area contributed by atoms with Crippen molar-refractivity contribution in [1.29, 1.82) is 0 Å². The number of thiophene rings is 1. The lowest BCUT2D eigenvalue weighted by atomic mass is 10.2. The van der Waals surface area contributed by atoms with Crippen molar-refractivity contribution >= 4 is 39.0 Å². The Hall–Kier alpha value is -0.680. The average molecular weight is 288 g/mol. The van der Waals surface area contributed by atoms with Gasteiger partial charge in [0.1, 0.15) is 0 Å². The lowest BCUT2D eigenvalue weighted by Crippen LogP contribution is -2.11. The summed E-state index contributed by atoms with van der Waals surface area (Å²) < 4.78 is 0.947. The molecule has 2 rings (SSSR count). The molecule has 1 aromatic heterocycles. The number of halogens is 1. The molecule has 1 aliphatic rings.